The minimum Gasteiger partial charge on any atom is -0.495 e. The van der Waals surface area contributed by atoms with Crippen molar-refractivity contribution < 1.29 is 4.74 Å². The highest BCUT2D eigenvalue weighted by Crippen LogP contribution is 2.25. The van der Waals surface area contributed by atoms with Crippen LogP contribution in [0.1, 0.15) is 5.56 Å². The van der Waals surface area contributed by atoms with Crippen molar-refractivity contribution in [2.24, 2.45) is 4.99 Å². The molecule has 0 amide bonds. The Morgan fingerprint density at radius 3 is 3.00 bits per heavy atom. The highest BCUT2D eigenvalue weighted by Gasteiger charge is 2.13. The first-order valence-corrected chi connectivity index (χ1v) is 4.54. The lowest BCUT2D eigenvalue weighted by Gasteiger charge is -2.09. The van der Waals surface area contributed by atoms with Crippen molar-refractivity contribution in [2.45, 2.75) is 0 Å². The average molecular weight is 191 g/mol. The third-order valence-electron chi connectivity index (χ3n) is 2.22. The van der Waals surface area contributed by atoms with Gasteiger partial charge < -0.3 is 15.8 Å². The summed E-state index contributed by atoms with van der Waals surface area (Å²) < 4.78 is 5.14. The van der Waals surface area contributed by atoms with Crippen molar-refractivity contribution in [3.63, 3.8) is 0 Å². The molecule has 0 spiro atoms. The number of nitrogens with zero attached hydrogens (tertiary/aromatic N) is 1. The fourth-order valence-corrected chi connectivity index (χ4v) is 1.51. The van der Waals surface area contributed by atoms with E-state index >= 15 is 0 Å². The van der Waals surface area contributed by atoms with E-state index in [4.69, 9.17) is 10.5 Å². The van der Waals surface area contributed by atoms with Crippen LogP contribution in [0.25, 0.3) is 0 Å². The van der Waals surface area contributed by atoms with E-state index in [-0.39, 0.29) is 0 Å². The lowest BCUT2D eigenvalue weighted by atomic mass is 10.1. The van der Waals surface area contributed by atoms with Gasteiger partial charge in [0, 0.05) is 12.1 Å². The Hall–Kier alpha value is -1.71. The second-order valence-electron chi connectivity index (χ2n) is 3.08. The summed E-state index contributed by atoms with van der Waals surface area (Å²) in [4.78, 5) is 4.31. The fourth-order valence-electron chi connectivity index (χ4n) is 1.51. The van der Waals surface area contributed by atoms with Crippen molar-refractivity contribution in [3.8, 4) is 5.75 Å². The molecule has 0 unspecified atom stereocenters. The largest absolute Gasteiger partial charge is 0.495 e. The summed E-state index contributed by atoms with van der Waals surface area (Å²) in [6.45, 7) is 1.69. The lowest BCUT2D eigenvalue weighted by Crippen LogP contribution is -2.20. The quantitative estimate of drug-likeness (QED) is 0.674. The van der Waals surface area contributed by atoms with Crippen LogP contribution in [0.5, 0.6) is 5.75 Å². The first-order chi connectivity index (χ1) is 6.83. The summed E-state index contributed by atoms with van der Waals surface area (Å²) in [6.07, 6.45) is 0. The summed E-state index contributed by atoms with van der Waals surface area (Å²) in [5, 5.41) is 3.18. The third kappa shape index (κ3) is 1.39. The fraction of sp³-hybridized carbons (Fsp3) is 0.300. The van der Waals surface area contributed by atoms with Crippen molar-refractivity contribution in [2.75, 3.05) is 25.9 Å². The van der Waals surface area contributed by atoms with Gasteiger partial charge in [0.15, 0.2) is 0 Å². The van der Waals surface area contributed by atoms with Gasteiger partial charge in [0.25, 0.3) is 0 Å². The minimum absolute atomic E-state index is 0.642. The van der Waals surface area contributed by atoms with Crippen LogP contribution in [0.15, 0.2) is 23.2 Å². The van der Waals surface area contributed by atoms with E-state index in [0.717, 1.165) is 24.5 Å². The molecule has 3 N–H and O–H groups in total. The van der Waals surface area contributed by atoms with Gasteiger partial charge in [-0.05, 0) is 12.1 Å². The standard InChI is InChI=1S/C10H13N3O/c1-14-8-4-2-3-7(9(8)11)10-12-5-6-13-10/h2-4H,5-6,11H2,1H3,(H,12,13). The molecule has 0 atom stereocenters. The first-order valence-electron chi connectivity index (χ1n) is 4.54. The van der Waals surface area contributed by atoms with Crippen LogP contribution in [0.2, 0.25) is 0 Å². The number of rotatable bonds is 2. The van der Waals surface area contributed by atoms with Crippen LogP contribution in [-0.4, -0.2) is 26.0 Å². The molecule has 0 saturated carbocycles. The van der Waals surface area contributed by atoms with Crippen molar-refractivity contribution in [1.29, 1.82) is 0 Å². The molecule has 74 valence electrons. The van der Waals surface area contributed by atoms with Gasteiger partial charge in [-0.2, -0.15) is 0 Å². The molecule has 1 aliphatic rings. The molecule has 0 saturated heterocycles. The molecule has 1 aliphatic heterocycles. The molecule has 0 aromatic heterocycles. The summed E-state index contributed by atoms with van der Waals surface area (Å²) in [5.41, 5.74) is 7.49. The van der Waals surface area contributed by atoms with Gasteiger partial charge in [-0.1, -0.05) is 6.07 Å². The Morgan fingerprint density at radius 1 is 1.50 bits per heavy atom. The SMILES string of the molecule is COc1cccc(C2=NCCN2)c1N. The monoisotopic (exact) mass is 191 g/mol. The van der Waals surface area contributed by atoms with Crippen LogP contribution in [0.4, 0.5) is 5.69 Å². The van der Waals surface area contributed by atoms with Gasteiger partial charge in [0.05, 0.1) is 19.3 Å². The number of anilines is 1. The predicted octanol–water partition coefficient (Wildman–Crippen LogP) is 0.627. The van der Waals surface area contributed by atoms with E-state index in [0.29, 0.717) is 11.4 Å². The van der Waals surface area contributed by atoms with E-state index in [2.05, 4.69) is 10.3 Å². The molecule has 1 aromatic carbocycles. The maximum atomic E-state index is 5.93. The maximum absolute atomic E-state index is 5.93. The molecule has 4 heteroatoms. The van der Waals surface area contributed by atoms with E-state index in [1.807, 2.05) is 18.2 Å². The maximum Gasteiger partial charge on any atom is 0.142 e. The van der Waals surface area contributed by atoms with Gasteiger partial charge in [0.2, 0.25) is 0 Å². The van der Waals surface area contributed by atoms with Crippen LogP contribution in [-0.2, 0) is 0 Å². The van der Waals surface area contributed by atoms with Crippen LogP contribution in [0, 0.1) is 0 Å². The second-order valence-corrected chi connectivity index (χ2v) is 3.08. The number of ether oxygens (including phenoxy) is 1. The molecule has 0 radical (unpaired) electrons. The highest BCUT2D eigenvalue weighted by atomic mass is 16.5. The molecule has 0 aliphatic carbocycles. The zero-order valence-electron chi connectivity index (χ0n) is 8.08. The zero-order valence-corrected chi connectivity index (χ0v) is 8.08. The Labute approximate surface area is 82.8 Å². The number of nitrogens with one attached hydrogen (secondary N) is 1. The Bertz CT molecular complexity index is 374. The lowest BCUT2D eigenvalue weighted by molar-refractivity contribution is 0.417. The van der Waals surface area contributed by atoms with Gasteiger partial charge in [0.1, 0.15) is 11.6 Å². The summed E-state index contributed by atoms with van der Waals surface area (Å²) >= 11 is 0. The molecular formula is C10H13N3O. The van der Waals surface area contributed by atoms with Crippen LogP contribution in [0.3, 0.4) is 0 Å². The number of para-hydroxylation sites is 1. The van der Waals surface area contributed by atoms with Gasteiger partial charge in [-0.3, -0.25) is 4.99 Å². The zero-order chi connectivity index (χ0) is 9.97. The summed E-state index contributed by atoms with van der Waals surface area (Å²) in [7, 11) is 1.61. The van der Waals surface area contributed by atoms with Crippen LogP contribution < -0.4 is 15.8 Å². The minimum atomic E-state index is 0.642. The second kappa shape index (κ2) is 3.57. The predicted molar refractivity (Wildman–Crippen MR) is 56.8 cm³/mol. The normalized spacial score (nSPS) is 14.8. The molecule has 4 nitrogen and oxygen atoms in total. The molecule has 0 bridgehead atoms. The number of methoxy groups -OCH3 is 1. The molecule has 1 heterocycles. The van der Waals surface area contributed by atoms with E-state index in [1.54, 1.807) is 7.11 Å². The highest BCUT2D eigenvalue weighted by molar-refractivity contribution is 6.04. The molecular weight excluding hydrogens is 178 g/mol. The number of nitrogen functional groups attached to an aromatic ring is 1. The summed E-state index contributed by atoms with van der Waals surface area (Å²) in [6, 6.07) is 5.69. The number of amidine groups is 1. The average Bonchev–Trinajstić information content (AvgIpc) is 2.71. The van der Waals surface area contributed by atoms with Crippen molar-refractivity contribution >= 4 is 11.5 Å². The van der Waals surface area contributed by atoms with E-state index < -0.39 is 0 Å². The van der Waals surface area contributed by atoms with Gasteiger partial charge >= 0.3 is 0 Å². The van der Waals surface area contributed by atoms with E-state index in [1.165, 1.54) is 0 Å². The molecule has 2 rings (SSSR count). The number of hydrogen-bond donors (Lipinski definition) is 2. The molecule has 1 aromatic rings. The third-order valence-corrected chi connectivity index (χ3v) is 2.22. The molecule has 0 fully saturated rings. The number of hydrogen-bond acceptors (Lipinski definition) is 4. The smallest absolute Gasteiger partial charge is 0.142 e. The van der Waals surface area contributed by atoms with Crippen LogP contribution >= 0.6 is 0 Å². The van der Waals surface area contributed by atoms with E-state index in [9.17, 15) is 0 Å². The number of benzene rings is 1. The first kappa shape index (κ1) is 8.87. The number of aliphatic imine (C=N–C) groups is 1. The Kier molecular flexibility index (Phi) is 2.26. The number of nitrogens with two attached hydrogens (primary N) is 1. The van der Waals surface area contributed by atoms with Gasteiger partial charge in [-0.15, -0.1) is 0 Å². The van der Waals surface area contributed by atoms with Gasteiger partial charge in [-0.25, -0.2) is 0 Å². The molecule has 14 heavy (non-hydrogen) atoms. The Morgan fingerprint density at radius 2 is 2.36 bits per heavy atom. The summed E-state index contributed by atoms with van der Waals surface area (Å²) in [5.74, 6) is 1.56. The van der Waals surface area contributed by atoms with Crippen molar-refractivity contribution in [3.05, 3.63) is 23.8 Å². The Balaban J connectivity index is 2.42. The van der Waals surface area contributed by atoms with Crippen molar-refractivity contribution in [1.82, 2.24) is 5.32 Å². The topological polar surface area (TPSA) is 59.6 Å².